The molecule has 5 aromatic rings. The van der Waals surface area contributed by atoms with Gasteiger partial charge in [0.15, 0.2) is 11.5 Å². The van der Waals surface area contributed by atoms with Gasteiger partial charge in [-0.05, 0) is 70.6 Å². The van der Waals surface area contributed by atoms with Crippen LogP contribution in [0.1, 0.15) is 26.4 Å². The Morgan fingerprint density at radius 3 is 2.65 bits per heavy atom. The molecule has 40 heavy (non-hydrogen) atoms. The van der Waals surface area contributed by atoms with E-state index in [1.54, 1.807) is 36.4 Å². The highest BCUT2D eigenvalue weighted by atomic mass is 127. The summed E-state index contributed by atoms with van der Waals surface area (Å²) in [4.78, 5) is 29.5. The third-order valence-electron chi connectivity index (χ3n) is 6.22. The summed E-state index contributed by atoms with van der Waals surface area (Å²) in [6, 6.07) is 25.6. The highest BCUT2D eigenvalue weighted by Gasteiger charge is 2.21. The fourth-order valence-corrected chi connectivity index (χ4v) is 5.38. The summed E-state index contributed by atoms with van der Waals surface area (Å²) < 4.78 is 18.1. The zero-order chi connectivity index (χ0) is 27.6. The molecule has 0 aliphatic carbocycles. The monoisotopic (exact) mass is 707 g/mol. The van der Waals surface area contributed by atoms with Crippen molar-refractivity contribution in [2.75, 3.05) is 6.79 Å². The number of H-pyrrole nitrogens is 1. The van der Waals surface area contributed by atoms with E-state index in [4.69, 9.17) is 14.2 Å². The van der Waals surface area contributed by atoms with Crippen molar-refractivity contribution in [3.63, 3.8) is 0 Å². The number of aromatic nitrogens is 1. The number of carbonyl (C=O) groups is 2. The summed E-state index contributed by atoms with van der Waals surface area (Å²) in [5.74, 6) is 0.352. The molecule has 10 heteroatoms. The molecule has 1 amide bonds. The summed E-state index contributed by atoms with van der Waals surface area (Å²) in [7, 11) is 0. The molecular formula is C30H19BrIN3O5. The second-order valence-electron chi connectivity index (χ2n) is 8.74. The Morgan fingerprint density at radius 2 is 1.80 bits per heavy atom. The van der Waals surface area contributed by atoms with E-state index >= 15 is 0 Å². The standard InChI is InChI=1S/C30H19BrIN3O5/c31-20-10-12-23(40-30(37)18-9-11-24-25(14-18)39-16-38-24)19(13-20)15-33-35-29(36)28-26(17-5-2-1-3-6-17)21-7-4-8-22(32)27(21)34-28/h1-15,34H,16H2,(H,35,36). The van der Waals surface area contributed by atoms with Crippen LogP contribution in [0.15, 0.2) is 94.5 Å². The first kappa shape index (κ1) is 26.1. The summed E-state index contributed by atoms with van der Waals surface area (Å²) in [5.41, 5.74) is 6.38. The van der Waals surface area contributed by atoms with Gasteiger partial charge >= 0.3 is 5.97 Å². The van der Waals surface area contributed by atoms with Crippen molar-refractivity contribution in [1.29, 1.82) is 0 Å². The van der Waals surface area contributed by atoms with Gasteiger partial charge in [-0.1, -0.05) is 58.4 Å². The number of aromatic amines is 1. The van der Waals surface area contributed by atoms with Gasteiger partial charge in [0.2, 0.25) is 6.79 Å². The van der Waals surface area contributed by atoms with Crippen LogP contribution in [0.3, 0.4) is 0 Å². The maximum Gasteiger partial charge on any atom is 0.343 e. The lowest BCUT2D eigenvalue weighted by atomic mass is 10.0. The van der Waals surface area contributed by atoms with Crippen molar-refractivity contribution >= 4 is 67.5 Å². The Bertz CT molecular complexity index is 1800. The van der Waals surface area contributed by atoms with Crippen LogP contribution >= 0.6 is 38.5 Å². The Labute approximate surface area is 250 Å². The number of halogens is 2. The second-order valence-corrected chi connectivity index (χ2v) is 10.8. The van der Waals surface area contributed by atoms with E-state index in [1.807, 2.05) is 48.5 Å². The molecule has 1 aliphatic rings. The topological polar surface area (TPSA) is 102 Å². The molecule has 0 bridgehead atoms. The van der Waals surface area contributed by atoms with Gasteiger partial charge in [-0.15, -0.1) is 0 Å². The highest BCUT2D eigenvalue weighted by molar-refractivity contribution is 14.1. The molecule has 4 aromatic carbocycles. The number of nitrogens with one attached hydrogen (secondary N) is 2. The Balaban J connectivity index is 1.25. The summed E-state index contributed by atoms with van der Waals surface area (Å²) in [5, 5.41) is 5.12. The third-order valence-corrected chi connectivity index (χ3v) is 7.62. The summed E-state index contributed by atoms with van der Waals surface area (Å²) in [6.07, 6.45) is 1.43. The lowest BCUT2D eigenvalue weighted by Gasteiger charge is -2.09. The van der Waals surface area contributed by atoms with Crippen LogP contribution in [0.2, 0.25) is 0 Å². The Hall–Kier alpha value is -4.16. The summed E-state index contributed by atoms with van der Waals surface area (Å²) >= 11 is 5.68. The number of ether oxygens (including phenoxy) is 3. The fourth-order valence-electron chi connectivity index (χ4n) is 4.37. The molecule has 0 radical (unpaired) electrons. The molecule has 0 saturated carbocycles. The van der Waals surface area contributed by atoms with Crippen molar-refractivity contribution in [3.8, 4) is 28.4 Å². The van der Waals surface area contributed by atoms with E-state index in [1.165, 1.54) is 6.21 Å². The van der Waals surface area contributed by atoms with Gasteiger partial charge in [-0.3, -0.25) is 4.79 Å². The van der Waals surface area contributed by atoms with Crippen LogP contribution in [0.25, 0.3) is 22.0 Å². The van der Waals surface area contributed by atoms with Gasteiger partial charge in [-0.25, -0.2) is 10.2 Å². The molecule has 2 heterocycles. The van der Waals surface area contributed by atoms with Crippen LogP contribution in [-0.4, -0.2) is 29.9 Å². The number of hydrogen-bond donors (Lipinski definition) is 2. The fraction of sp³-hybridized carbons (Fsp3) is 0.0333. The van der Waals surface area contributed by atoms with Crippen molar-refractivity contribution in [1.82, 2.24) is 10.4 Å². The van der Waals surface area contributed by atoms with Gasteiger partial charge in [0, 0.05) is 24.6 Å². The maximum absolute atomic E-state index is 13.3. The number of fused-ring (bicyclic) bond motifs is 2. The van der Waals surface area contributed by atoms with E-state index in [9.17, 15) is 9.59 Å². The van der Waals surface area contributed by atoms with Gasteiger partial charge < -0.3 is 19.2 Å². The third kappa shape index (κ3) is 5.19. The Kier molecular flexibility index (Phi) is 7.27. The van der Waals surface area contributed by atoms with E-state index in [0.29, 0.717) is 28.3 Å². The van der Waals surface area contributed by atoms with Gasteiger partial charge in [0.25, 0.3) is 5.91 Å². The molecule has 0 saturated heterocycles. The number of esters is 1. The second kappa shape index (κ2) is 11.1. The smallest absolute Gasteiger partial charge is 0.343 e. The van der Waals surface area contributed by atoms with Gasteiger partial charge in [0.1, 0.15) is 11.4 Å². The first-order valence-corrected chi connectivity index (χ1v) is 14.0. The average molecular weight is 708 g/mol. The minimum absolute atomic E-state index is 0.109. The van der Waals surface area contributed by atoms with Crippen LogP contribution < -0.4 is 19.6 Å². The number of benzene rings is 4. The van der Waals surface area contributed by atoms with Crippen LogP contribution in [-0.2, 0) is 0 Å². The number of hydrazone groups is 1. The Morgan fingerprint density at radius 1 is 0.975 bits per heavy atom. The molecule has 0 unspecified atom stereocenters. The van der Waals surface area contributed by atoms with Crippen LogP contribution in [0, 0.1) is 3.57 Å². The lowest BCUT2D eigenvalue weighted by molar-refractivity contribution is 0.0733. The first-order chi connectivity index (χ1) is 19.5. The van der Waals surface area contributed by atoms with Crippen molar-refractivity contribution in [2.45, 2.75) is 0 Å². The van der Waals surface area contributed by atoms with Crippen molar-refractivity contribution < 1.29 is 23.8 Å². The van der Waals surface area contributed by atoms with Crippen molar-refractivity contribution in [2.24, 2.45) is 5.10 Å². The maximum atomic E-state index is 13.3. The molecule has 0 spiro atoms. The van der Waals surface area contributed by atoms with Gasteiger partial charge in [0.05, 0.1) is 17.3 Å². The SMILES string of the molecule is O=C(Oc1ccc(Br)cc1C=NNC(=O)c1[nH]c2c(I)cccc2c1-c1ccccc1)c1ccc2c(c1)OCO2. The number of para-hydroxylation sites is 1. The molecule has 2 N–H and O–H groups in total. The zero-order valence-electron chi connectivity index (χ0n) is 20.6. The number of rotatable bonds is 6. The molecule has 1 aliphatic heterocycles. The van der Waals surface area contributed by atoms with E-state index in [0.717, 1.165) is 30.1 Å². The average Bonchev–Trinajstić information content (AvgIpc) is 3.60. The number of hydrogen-bond acceptors (Lipinski definition) is 6. The minimum atomic E-state index is -0.570. The van der Waals surface area contributed by atoms with Crippen LogP contribution in [0.5, 0.6) is 17.2 Å². The quantitative estimate of drug-likeness (QED) is 0.0657. The van der Waals surface area contributed by atoms with Crippen molar-refractivity contribution in [3.05, 3.63) is 110 Å². The largest absolute Gasteiger partial charge is 0.454 e. The number of nitrogens with zero attached hydrogens (tertiary/aromatic N) is 1. The predicted molar refractivity (Wildman–Crippen MR) is 163 cm³/mol. The molecule has 8 nitrogen and oxygen atoms in total. The molecule has 1 aromatic heterocycles. The predicted octanol–water partition coefficient (Wildman–Crippen LogP) is 6.91. The highest BCUT2D eigenvalue weighted by Crippen LogP contribution is 2.35. The summed E-state index contributed by atoms with van der Waals surface area (Å²) in [6.45, 7) is 0.109. The first-order valence-electron chi connectivity index (χ1n) is 12.1. The molecule has 6 rings (SSSR count). The molecular weight excluding hydrogens is 689 g/mol. The minimum Gasteiger partial charge on any atom is -0.454 e. The van der Waals surface area contributed by atoms with E-state index in [-0.39, 0.29) is 12.5 Å². The molecule has 0 atom stereocenters. The van der Waals surface area contributed by atoms with E-state index < -0.39 is 11.9 Å². The normalized spacial score (nSPS) is 12.2. The van der Waals surface area contributed by atoms with Crippen LogP contribution in [0.4, 0.5) is 0 Å². The lowest BCUT2D eigenvalue weighted by Crippen LogP contribution is -2.19. The number of amides is 1. The molecule has 0 fully saturated rings. The van der Waals surface area contributed by atoms with Gasteiger partial charge in [-0.2, -0.15) is 5.10 Å². The number of carbonyl (C=O) groups excluding carboxylic acids is 2. The molecule has 198 valence electrons. The van der Waals surface area contributed by atoms with E-state index in [2.05, 4.69) is 54.0 Å². The zero-order valence-corrected chi connectivity index (χ0v) is 24.4.